The summed E-state index contributed by atoms with van der Waals surface area (Å²) in [7, 11) is -3.52. The molecule has 0 aromatic heterocycles. The standard InChI is InChI=1S/C11H15FN2O3S/c1-9(15)13-6-7-14(18(2,16)17)11-5-3-4-10(12)8-11/h3-5,8H,6-7H2,1-2H3,(H,13,15). The fraction of sp³-hybridized carbons (Fsp3) is 0.364. The van der Waals surface area contributed by atoms with Crippen molar-refractivity contribution < 1.29 is 17.6 Å². The number of nitrogens with zero attached hydrogens (tertiary/aromatic N) is 1. The molecule has 0 aliphatic rings. The lowest BCUT2D eigenvalue weighted by Gasteiger charge is -2.22. The summed E-state index contributed by atoms with van der Waals surface area (Å²) in [6.07, 6.45) is 1.03. The van der Waals surface area contributed by atoms with Crippen LogP contribution >= 0.6 is 0 Å². The van der Waals surface area contributed by atoms with E-state index in [1.807, 2.05) is 0 Å². The van der Waals surface area contributed by atoms with Crippen molar-refractivity contribution in [2.45, 2.75) is 6.92 Å². The third-order valence-corrected chi connectivity index (χ3v) is 3.38. The predicted molar refractivity (Wildman–Crippen MR) is 67.3 cm³/mol. The molecule has 0 saturated heterocycles. The van der Waals surface area contributed by atoms with Crippen LogP contribution < -0.4 is 9.62 Å². The molecule has 0 bridgehead atoms. The molecule has 0 atom stereocenters. The number of carbonyl (C=O) groups excluding carboxylic acids is 1. The Morgan fingerprint density at radius 1 is 1.44 bits per heavy atom. The molecule has 1 aromatic carbocycles. The Hall–Kier alpha value is -1.63. The van der Waals surface area contributed by atoms with Crippen LogP contribution in [-0.2, 0) is 14.8 Å². The van der Waals surface area contributed by atoms with Gasteiger partial charge in [-0.05, 0) is 18.2 Å². The predicted octanol–water partition coefficient (Wildman–Crippen LogP) is 0.728. The van der Waals surface area contributed by atoms with Gasteiger partial charge < -0.3 is 5.32 Å². The third-order valence-electron chi connectivity index (χ3n) is 2.19. The van der Waals surface area contributed by atoms with E-state index in [0.29, 0.717) is 0 Å². The zero-order chi connectivity index (χ0) is 13.8. The zero-order valence-corrected chi connectivity index (χ0v) is 11.0. The first-order chi connectivity index (χ1) is 8.30. The second-order valence-electron chi connectivity index (χ2n) is 3.80. The number of amides is 1. The lowest BCUT2D eigenvalue weighted by molar-refractivity contribution is -0.118. The first kappa shape index (κ1) is 14.4. The second kappa shape index (κ2) is 5.81. The molecule has 0 unspecified atom stereocenters. The van der Waals surface area contributed by atoms with E-state index in [1.165, 1.54) is 25.1 Å². The Labute approximate surface area is 106 Å². The maximum Gasteiger partial charge on any atom is 0.232 e. The van der Waals surface area contributed by atoms with E-state index >= 15 is 0 Å². The van der Waals surface area contributed by atoms with Gasteiger partial charge in [-0.1, -0.05) is 6.07 Å². The SMILES string of the molecule is CC(=O)NCCN(c1cccc(F)c1)S(C)(=O)=O. The number of halogens is 1. The number of carbonyl (C=O) groups is 1. The van der Waals surface area contributed by atoms with Crippen LogP contribution in [0.5, 0.6) is 0 Å². The van der Waals surface area contributed by atoms with Gasteiger partial charge in [-0.15, -0.1) is 0 Å². The van der Waals surface area contributed by atoms with Gasteiger partial charge >= 0.3 is 0 Å². The summed E-state index contributed by atoms with van der Waals surface area (Å²) in [5, 5.41) is 2.49. The Morgan fingerprint density at radius 3 is 2.61 bits per heavy atom. The Morgan fingerprint density at radius 2 is 2.11 bits per heavy atom. The smallest absolute Gasteiger partial charge is 0.232 e. The van der Waals surface area contributed by atoms with Crippen molar-refractivity contribution in [2.75, 3.05) is 23.7 Å². The minimum absolute atomic E-state index is 0.0574. The summed E-state index contributed by atoms with van der Waals surface area (Å²) in [5.41, 5.74) is 0.239. The molecule has 0 radical (unpaired) electrons. The number of rotatable bonds is 5. The molecular formula is C11H15FN2O3S. The summed E-state index contributed by atoms with van der Waals surface area (Å²) in [4.78, 5) is 10.7. The molecule has 0 aliphatic heterocycles. The highest BCUT2D eigenvalue weighted by Gasteiger charge is 2.17. The number of sulfonamides is 1. The van der Waals surface area contributed by atoms with Crippen LogP contribution in [0.1, 0.15) is 6.92 Å². The Balaban J connectivity index is 2.89. The molecule has 100 valence electrons. The van der Waals surface area contributed by atoms with Gasteiger partial charge in [0.25, 0.3) is 0 Å². The van der Waals surface area contributed by atoms with Crippen molar-refractivity contribution in [3.8, 4) is 0 Å². The summed E-state index contributed by atoms with van der Waals surface area (Å²) in [5.74, 6) is -0.761. The van der Waals surface area contributed by atoms with Crippen molar-refractivity contribution in [1.82, 2.24) is 5.32 Å². The van der Waals surface area contributed by atoms with Crippen LogP contribution in [0.15, 0.2) is 24.3 Å². The molecule has 1 aromatic rings. The summed E-state index contributed by atoms with van der Waals surface area (Å²) < 4.78 is 37.3. The van der Waals surface area contributed by atoms with Crippen LogP contribution in [0, 0.1) is 5.82 Å². The molecule has 0 spiro atoms. The first-order valence-corrected chi connectivity index (χ1v) is 7.13. The fourth-order valence-electron chi connectivity index (χ4n) is 1.45. The summed E-state index contributed by atoms with van der Waals surface area (Å²) in [6.45, 7) is 1.56. The quantitative estimate of drug-likeness (QED) is 0.860. The summed E-state index contributed by atoms with van der Waals surface area (Å²) in [6, 6.07) is 5.30. The number of anilines is 1. The molecule has 0 aliphatic carbocycles. The van der Waals surface area contributed by atoms with Crippen LogP contribution in [0.3, 0.4) is 0 Å². The second-order valence-corrected chi connectivity index (χ2v) is 5.70. The molecule has 1 rings (SSSR count). The van der Waals surface area contributed by atoms with E-state index in [1.54, 1.807) is 0 Å². The molecule has 0 fully saturated rings. The monoisotopic (exact) mass is 274 g/mol. The van der Waals surface area contributed by atoms with Crippen molar-refractivity contribution in [1.29, 1.82) is 0 Å². The van der Waals surface area contributed by atoms with Crippen LogP contribution in [0.2, 0.25) is 0 Å². The highest BCUT2D eigenvalue weighted by molar-refractivity contribution is 7.92. The Kier molecular flexibility index (Phi) is 4.66. The highest BCUT2D eigenvalue weighted by atomic mass is 32.2. The lowest BCUT2D eigenvalue weighted by atomic mass is 10.3. The average Bonchev–Trinajstić information content (AvgIpc) is 2.22. The molecule has 1 N–H and O–H groups in total. The fourth-order valence-corrected chi connectivity index (χ4v) is 2.37. The van der Waals surface area contributed by atoms with Crippen LogP contribution in [0.25, 0.3) is 0 Å². The van der Waals surface area contributed by atoms with Gasteiger partial charge in [0.05, 0.1) is 18.5 Å². The molecule has 0 heterocycles. The van der Waals surface area contributed by atoms with E-state index < -0.39 is 15.8 Å². The van der Waals surface area contributed by atoms with E-state index in [0.717, 1.165) is 16.6 Å². The summed E-state index contributed by atoms with van der Waals surface area (Å²) >= 11 is 0. The maximum absolute atomic E-state index is 13.1. The van der Waals surface area contributed by atoms with Gasteiger partial charge in [-0.3, -0.25) is 9.10 Å². The first-order valence-electron chi connectivity index (χ1n) is 5.28. The van der Waals surface area contributed by atoms with Crippen molar-refractivity contribution in [2.24, 2.45) is 0 Å². The van der Waals surface area contributed by atoms with Gasteiger partial charge in [0.15, 0.2) is 0 Å². The van der Waals surface area contributed by atoms with Crippen molar-refractivity contribution in [3.63, 3.8) is 0 Å². The number of hydrogen-bond acceptors (Lipinski definition) is 3. The third kappa shape index (κ3) is 4.33. The molecule has 5 nitrogen and oxygen atoms in total. The van der Waals surface area contributed by atoms with Gasteiger partial charge in [0.1, 0.15) is 5.82 Å². The van der Waals surface area contributed by atoms with Crippen molar-refractivity contribution in [3.05, 3.63) is 30.1 Å². The van der Waals surface area contributed by atoms with Gasteiger partial charge in [-0.2, -0.15) is 0 Å². The van der Waals surface area contributed by atoms with Crippen LogP contribution in [-0.4, -0.2) is 33.7 Å². The minimum atomic E-state index is -3.52. The molecular weight excluding hydrogens is 259 g/mol. The van der Waals surface area contributed by atoms with E-state index in [-0.39, 0.29) is 24.7 Å². The topological polar surface area (TPSA) is 66.5 Å². The number of hydrogen-bond donors (Lipinski definition) is 1. The highest BCUT2D eigenvalue weighted by Crippen LogP contribution is 2.17. The van der Waals surface area contributed by atoms with Gasteiger partial charge in [-0.25, -0.2) is 12.8 Å². The minimum Gasteiger partial charge on any atom is -0.355 e. The molecule has 0 saturated carbocycles. The Bertz CT molecular complexity index is 531. The van der Waals surface area contributed by atoms with Gasteiger partial charge in [0.2, 0.25) is 15.9 Å². The normalized spacial score (nSPS) is 11.1. The largest absolute Gasteiger partial charge is 0.355 e. The average molecular weight is 274 g/mol. The molecule has 7 heteroatoms. The van der Waals surface area contributed by atoms with Crippen LogP contribution in [0.4, 0.5) is 10.1 Å². The van der Waals surface area contributed by atoms with E-state index in [2.05, 4.69) is 5.32 Å². The van der Waals surface area contributed by atoms with Crippen molar-refractivity contribution >= 4 is 21.6 Å². The zero-order valence-electron chi connectivity index (χ0n) is 10.2. The maximum atomic E-state index is 13.1. The molecule has 1 amide bonds. The lowest BCUT2D eigenvalue weighted by Crippen LogP contribution is -2.37. The van der Waals surface area contributed by atoms with Gasteiger partial charge in [0, 0.05) is 13.5 Å². The van der Waals surface area contributed by atoms with E-state index in [4.69, 9.17) is 0 Å². The number of benzene rings is 1. The number of nitrogens with one attached hydrogen (secondary N) is 1. The van der Waals surface area contributed by atoms with E-state index in [9.17, 15) is 17.6 Å². The molecule has 18 heavy (non-hydrogen) atoms.